The molecular weight excluding hydrogens is 264 g/mol. The van der Waals surface area contributed by atoms with Crippen molar-refractivity contribution in [2.45, 2.75) is 12.6 Å². The van der Waals surface area contributed by atoms with Crippen LogP contribution < -0.4 is 10.1 Å². The molecule has 1 aliphatic rings. The molecule has 0 saturated carbocycles. The molecule has 1 fully saturated rings. The fraction of sp³-hybridized carbons (Fsp3) is 0.385. The second-order valence-corrected chi connectivity index (χ2v) is 4.25. The second kappa shape index (κ2) is 6.25. The van der Waals surface area contributed by atoms with Gasteiger partial charge in [0, 0.05) is 12.1 Å². The molecule has 3 amide bonds. The third-order valence-electron chi connectivity index (χ3n) is 3.01. The van der Waals surface area contributed by atoms with Crippen molar-refractivity contribution >= 4 is 12.1 Å². The van der Waals surface area contributed by atoms with Crippen LogP contribution in [0.3, 0.4) is 0 Å². The number of carbonyl (C=O) groups excluding carboxylic acids is 2. The predicted molar refractivity (Wildman–Crippen MR) is 69.3 cm³/mol. The summed E-state index contributed by atoms with van der Waals surface area (Å²) in [6, 6.07) is 6.00. The Morgan fingerprint density at radius 1 is 1.55 bits per heavy atom. The highest BCUT2D eigenvalue weighted by atomic mass is 16.6. The average molecular weight is 280 g/mol. The summed E-state index contributed by atoms with van der Waals surface area (Å²) >= 11 is 0. The maximum atomic E-state index is 12.0. The van der Waals surface area contributed by atoms with Gasteiger partial charge in [-0.2, -0.15) is 0 Å². The van der Waals surface area contributed by atoms with Crippen LogP contribution in [-0.4, -0.2) is 48.5 Å². The molecule has 1 aliphatic heterocycles. The van der Waals surface area contributed by atoms with Gasteiger partial charge in [0.2, 0.25) is 0 Å². The highest BCUT2D eigenvalue weighted by Gasteiger charge is 2.37. The van der Waals surface area contributed by atoms with Gasteiger partial charge in [0.15, 0.2) is 0 Å². The van der Waals surface area contributed by atoms with Crippen molar-refractivity contribution in [3.05, 3.63) is 29.8 Å². The average Bonchev–Trinajstić information content (AvgIpc) is 2.86. The van der Waals surface area contributed by atoms with Crippen LogP contribution in [-0.2, 0) is 11.3 Å². The molecule has 1 unspecified atom stereocenters. The molecule has 2 N–H and O–H groups in total. The van der Waals surface area contributed by atoms with E-state index in [1.165, 1.54) is 0 Å². The van der Waals surface area contributed by atoms with Crippen LogP contribution in [0.15, 0.2) is 24.3 Å². The molecule has 1 aromatic rings. The second-order valence-electron chi connectivity index (χ2n) is 4.25. The number of para-hydroxylation sites is 1. The van der Waals surface area contributed by atoms with Crippen LogP contribution in [0.2, 0.25) is 0 Å². The van der Waals surface area contributed by atoms with Crippen LogP contribution in [0, 0.1) is 0 Å². The first-order chi connectivity index (χ1) is 9.67. The molecule has 1 atom stereocenters. The van der Waals surface area contributed by atoms with Crippen molar-refractivity contribution in [1.82, 2.24) is 10.2 Å². The zero-order valence-electron chi connectivity index (χ0n) is 11.0. The van der Waals surface area contributed by atoms with Crippen molar-refractivity contribution in [2.24, 2.45) is 0 Å². The normalized spacial score (nSPS) is 17.8. The minimum Gasteiger partial charge on any atom is -0.496 e. The number of methoxy groups -OCH3 is 1. The minimum atomic E-state index is -0.749. The molecule has 108 valence electrons. The zero-order chi connectivity index (χ0) is 14.5. The van der Waals surface area contributed by atoms with E-state index in [1.54, 1.807) is 13.2 Å². The van der Waals surface area contributed by atoms with Gasteiger partial charge in [0.1, 0.15) is 18.4 Å². The molecule has 20 heavy (non-hydrogen) atoms. The summed E-state index contributed by atoms with van der Waals surface area (Å²) in [5.41, 5.74) is 0.788. The maximum absolute atomic E-state index is 12.0. The first kappa shape index (κ1) is 14.1. The fourth-order valence-electron chi connectivity index (χ4n) is 1.95. The summed E-state index contributed by atoms with van der Waals surface area (Å²) in [6.45, 7) is -0.101. The van der Waals surface area contributed by atoms with E-state index in [0.717, 1.165) is 10.5 Å². The maximum Gasteiger partial charge on any atom is 0.418 e. The van der Waals surface area contributed by atoms with Gasteiger partial charge in [-0.05, 0) is 6.07 Å². The summed E-state index contributed by atoms with van der Waals surface area (Å²) in [5.74, 6) is 0.649. The first-order valence-electron chi connectivity index (χ1n) is 6.14. The van der Waals surface area contributed by atoms with Gasteiger partial charge in [-0.3, -0.25) is 0 Å². The van der Waals surface area contributed by atoms with Crippen molar-refractivity contribution in [3.63, 3.8) is 0 Å². The summed E-state index contributed by atoms with van der Waals surface area (Å²) < 4.78 is 9.90. The van der Waals surface area contributed by atoms with Crippen LogP contribution in [0.1, 0.15) is 5.56 Å². The van der Waals surface area contributed by atoms with Crippen LogP contribution >= 0.6 is 0 Å². The van der Waals surface area contributed by atoms with Gasteiger partial charge in [-0.1, -0.05) is 18.2 Å². The number of aliphatic hydroxyl groups excluding tert-OH is 1. The Morgan fingerprint density at radius 2 is 2.30 bits per heavy atom. The quantitative estimate of drug-likeness (QED) is 0.848. The van der Waals surface area contributed by atoms with E-state index in [9.17, 15) is 9.59 Å². The van der Waals surface area contributed by atoms with E-state index < -0.39 is 18.2 Å². The summed E-state index contributed by atoms with van der Waals surface area (Å²) in [4.78, 5) is 24.3. The molecule has 0 aromatic heterocycles. The van der Waals surface area contributed by atoms with Gasteiger partial charge in [-0.15, -0.1) is 0 Å². The standard InChI is InChI=1S/C13H16N2O5/c1-19-11-5-3-2-4-9(11)6-14-12(17)15-10(7-16)8-20-13(15)18/h2-5,10,16H,6-8H2,1H3,(H,14,17). The number of amides is 3. The van der Waals surface area contributed by atoms with Gasteiger partial charge in [-0.25, -0.2) is 14.5 Å². The number of hydrogen-bond donors (Lipinski definition) is 2. The Kier molecular flexibility index (Phi) is 4.41. The van der Waals surface area contributed by atoms with Crippen LogP contribution in [0.4, 0.5) is 9.59 Å². The van der Waals surface area contributed by atoms with Crippen molar-refractivity contribution in [3.8, 4) is 5.75 Å². The lowest BCUT2D eigenvalue weighted by Crippen LogP contribution is -2.46. The summed E-state index contributed by atoms with van der Waals surface area (Å²) in [6.07, 6.45) is -0.749. The zero-order valence-corrected chi connectivity index (χ0v) is 11.0. The Morgan fingerprint density at radius 3 is 3.00 bits per heavy atom. The number of ether oxygens (including phenoxy) is 2. The third-order valence-corrected chi connectivity index (χ3v) is 3.01. The highest BCUT2D eigenvalue weighted by molar-refractivity contribution is 5.92. The number of urea groups is 1. The Labute approximate surface area is 116 Å². The van der Waals surface area contributed by atoms with Gasteiger partial charge >= 0.3 is 12.1 Å². The minimum absolute atomic E-state index is 0.0113. The molecule has 1 heterocycles. The smallest absolute Gasteiger partial charge is 0.418 e. The Bertz CT molecular complexity index is 505. The largest absolute Gasteiger partial charge is 0.496 e. The lowest BCUT2D eigenvalue weighted by atomic mass is 10.2. The number of nitrogens with zero attached hydrogens (tertiary/aromatic N) is 1. The lowest BCUT2D eigenvalue weighted by Gasteiger charge is -2.18. The molecule has 2 rings (SSSR count). The van der Waals surface area contributed by atoms with Crippen LogP contribution in [0.5, 0.6) is 5.75 Å². The summed E-state index contributed by atoms with van der Waals surface area (Å²) in [5, 5.41) is 11.7. The first-order valence-corrected chi connectivity index (χ1v) is 6.14. The molecule has 0 spiro atoms. The number of benzene rings is 1. The number of carbonyl (C=O) groups is 2. The molecular formula is C13H16N2O5. The van der Waals surface area contributed by atoms with E-state index >= 15 is 0 Å². The molecule has 0 radical (unpaired) electrons. The number of rotatable bonds is 4. The Balaban J connectivity index is 2.00. The molecule has 0 aliphatic carbocycles. The monoisotopic (exact) mass is 280 g/mol. The SMILES string of the molecule is COc1ccccc1CNC(=O)N1C(=O)OCC1CO. The van der Waals surface area contributed by atoms with Crippen molar-refractivity contribution in [1.29, 1.82) is 0 Å². The van der Waals surface area contributed by atoms with E-state index in [-0.39, 0.29) is 19.8 Å². The topological polar surface area (TPSA) is 88.1 Å². The molecule has 1 saturated heterocycles. The lowest BCUT2D eigenvalue weighted by molar-refractivity contribution is 0.154. The van der Waals surface area contributed by atoms with Crippen LogP contribution in [0.25, 0.3) is 0 Å². The summed E-state index contributed by atoms with van der Waals surface area (Å²) in [7, 11) is 1.54. The van der Waals surface area contributed by atoms with Crippen molar-refractivity contribution < 1.29 is 24.2 Å². The molecule has 1 aromatic carbocycles. The number of hydrogen-bond acceptors (Lipinski definition) is 5. The fourth-order valence-corrected chi connectivity index (χ4v) is 1.95. The Hall–Kier alpha value is -2.28. The molecule has 0 bridgehead atoms. The van der Waals surface area contributed by atoms with Gasteiger partial charge < -0.3 is 19.9 Å². The molecule has 7 nitrogen and oxygen atoms in total. The van der Waals surface area contributed by atoms with Gasteiger partial charge in [0.25, 0.3) is 0 Å². The molecule has 7 heteroatoms. The number of nitrogens with one attached hydrogen (secondary N) is 1. The number of cyclic esters (lactones) is 1. The highest BCUT2D eigenvalue weighted by Crippen LogP contribution is 2.17. The van der Waals surface area contributed by atoms with Crippen molar-refractivity contribution in [2.75, 3.05) is 20.3 Å². The van der Waals surface area contributed by atoms with E-state index in [0.29, 0.717) is 5.75 Å². The van der Waals surface area contributed by atoms with Gasteiger partial charge in [0.05, 0.1) is 13.7 Å². The third kappa shape index (κ3) is 2.83. The van der Waals surface area contributed by atoms with E-state index in [2.05, 4.69) is 5.32 Å². The number of imide groups is 1. The number of aliphatic hydroxyl groups is 1. The predicted octanol–water partition coefficient (Wildman–Crippen LogP) is 0.718. The van der Waals surface area contributed by atoms with E-state index in [1.807, 2.05) is 18.2 Å². The van der Waals surface area contributed by atoms with E-state index in [4.69, 9.17) is 14.6 Å².